The Balaban J connectivity index is 1.55. The standard InChI is InChI=1S/C25H30N2O2/c1-3-29-23-10-4-7-18(25(23)28)16-26-13-6-14-27-21-12-11-17(2)15-20(21)19-8-5-9-22(26)24(19)27/h4,7,10-12,15,22,28H,3,5-6,8-9,13-14,16H2,1-2H3. The van der Waals surface area contributed by atoms with Crippen LogP contribution in [0.2, 0.25) is 0 Å². The van der Waals surface area contributed by atoms with Gasteiger partial charge in [-0.25, -0.2) is 0 Å². The zero-order valence-electron chi connectivity index (χ0n) is 17.4. The number of aromatic nitrogens is 1. The molecule has 1 aliphatic heterocycles. The number of ether oxygens (including phenoxy) is 1. The zero-order valence-corrected chi connectivity index (χ0v) is 17.4. The summed E-state index contributed by atoms with van der Waals surface area (Å²) in [7, 11) is 0. The van der Waals surface area contributed by atoms with Crippen LogP contribution in [0.25, 0.3) is 10.9 Å². The summed E-state index contributed by atoms with van der Waals surface area (Å²) >= 11 is 0. The zero-order chi connectivity index (χ0) is 20.0. The van der Waals surface area contributed by atoms with E-state index in [0.29, 0.717) is 24.1 Å². The van der Waals surface area contributed by atoms with E-state index in [1.165, 1.54) is 41.4 Å². The fourth-order valence-electron chi connectivity index (χ4n) is 5.37. The summed E-state index contributed by atoms with van der Waals surface area (Å²) in [5, 5.41) is 12.2. The van der Waals surface area contributed by atoms with E-state index in [4.69, 9.17) is 4.74 Å². The van der Waals surface area contributed by atoms with Crippen molar-refractivity contribution in [2.24, 2.45) is 0 Å². The molecule has 0 radical (unpaired) electrons. The lowest BCUT2D eigenvalue weighted by atomic mass is 9.90. The number of aromatic hydroxyl groups is 1. The smallest absolute Gasteiger partial charge is 0.162 e. The van der Waals surface area contributed by atoms with Gasteiger partial charge in [0, 0.05) is 41.8 Å². The molecule has 0 saturated carbocycles. The lowest BCUT2D eigenvalue weighted by Crippen LogP contribution is -2.31. The molecule has 3 aromatic rings. The molecule has 5 rings (SSSR count). The molecule has 0 fully saturated rings. The highest BCUT2D eigenvalue weighted by atomic mass is 16.5. The molecular weight excluding hydrogens is 360 g/mol. The molecule has 0 spiro atoms. The monoisotopic (exact) mass is 390 g/mol. The summed E-state index contributed by atoms with van der Waals surface area (Å²) in [6, 6.07) is 13.2. The van der Waals surface area contributed by atoms with Crippen LogP contribution < -0.4 is 4.74 Å². The number of benzene rings is 2. The number of hydrogen-bond acceptors (Lipinski definition) is 3. The van der Waals surface area contributed by atoms with E-state index in [9.17, 15) is 5.11 Å². The molecule has 0 saturated heterocycles. The second-order valence-corrected chi connectivity index (χ2v) is 8.46. The van der Waals surface area contributed by atoms with Crippen molar-refractivity contribution >= 4 is 10.9 Å². The summed E-state index contributed by atoms with van der Waals surface area (Å²) in [5.74, 6) is 0.888. The van der Waals surface area contributed by atoms with Gasteiger partial charge in [-0.15, -0.1) is 0 Å². The molecular formula is C25H30N2O2. The van der Waals surface area contributed by atoms with Crippen molar-refractivity contribution in [3.63, 3.8) is 0 Å². The van der Waals surface area contributed by atoms with Crippen molar-refractivity contribution in [3.8, 4) is 11.5 Å². The second-order valence-electron chi connectivity index (χ2n) is 8.46. The molecule has 2 heterocycles. The average Bonchev–Trinajstić information content (AvgIpc) is 2.91. The molecule has 1 atom stereocenters. The summed E-state index contributed by atoms with van der Waals surface area (Å²) in [6.07, 6.45) is 4.73. The molecule has 29 heavy (non-hydrogen) atoms. The molecule has 1 unspecified atom stereocenters. The topological polar surface area (TPSA) is 37.6 Å². The summed E-state index contributed by atoms with van der Waals surface area (Å²) in [6.45, 7) is 7.59. The number of aryl methyl sites for hydroxylation is 3. The molecule has 4 heteroatoms. The molecule has 1 aromatic heterocycles. The highest BCUT2D eigenvalue weighted by Crippen LogP contribution is 2.43. The van der Waals surface area contributed by atoms with Gasteiger partial charge in [0.15, 0.2) is 11.5 Å². The Labute approximate surface area is 172 Å². The normalized spacial score (nSPS) is 19.2. The Bertz CT molecular complexity index is 1050. The van der Waals surface area contributed by atoms with Crippen molar-refractivity contribution in [3.05, 3.63) is 58.8 Å². The Hall–Kier alpha value is -2.46. The first-order valence-corrected chi connectivity index (χ1v) is 11.0. The number of phenols is 1. The van der Waals surface area contributed by atoms with Crippen LogP contribution >= 0.6 is 0 Å². The van der Waals surface area contributed by atoms with Gasteiger partial charge in [-0.05, 0) is 63.3 Å². The van der Waals surface area contributed by atoms with Gasteiger partial charge in [-0.3, -0.25) is 4.90 Å². The Kier molecular flexibility index (Phi) is 4.75. The van der Waals surface area contributed by atoms with Crippen LogP contribution in [0, 0.1) is 6.92 Å². The first kappa shape index (κ1) is 18.6. The second kappa shape index (κ2) is 7.42. The average molecular weight is 391 g/mol. The molecule has 0 bridgehead atoms. The lowest BCUT2D eigenvalue weighted by Gasteiger charge is -2.34. The number of hydrogen-bond donors (Lipinski definition) is 1. The molecule has 2 aromatic carbocycles. The maximum atomic E-state index is 10.7. The van der Waals surface area contributed by atoms with Gasteiger partial charge in [-0.2, -0.15) is 0 Å². The van der Waals surface area contributed by atoms with E-state index in [1.54, 1.807) is 5.56 Å². The third kappa shape index (κ3) is 3.10. The number of rotatable bonds is 4. The Morgan fingerprint density at radius 3 is 2.90 bits per heavy atom. The molecule has 152 valence electrons. The minimum absolute atomic E-state index is 0.297. The van der Waals surface area contributed by atoms with E-state index in [-0.39, 0.29) is 0 Å². The third-order valence-electron chi connectivity index (χ3n) is 6.61. The van der Waals surface area contributed by atoms with Gasteiger partial charge < -0.3 is 14.4 Å². The number of para-hydroxylation sites is 1. The van der Waals surface area contributed by atoms with Gasteiger partial charge in [0.05, 0.1) is 12.6 Å². The van der Waals surface area contributed by atoms with E-state index in [1.807, 2.05) is 25.1 Å². The minimum atomic E-state index is 0.297. The van der Waals surface area contributed by atoms with Gasteiger partial charge >= 0.3 is 0 Å². The van der Waals surface area contributed by atoms with Crippen LogP contribution in [0.5, 0.6) is 11.5 Å². The van der Waals surface area contributed by atoms with Crippen LogP contribution in [-0.4, -0.2) is 27.7 Å². The van der Waals surface area contributed by atoms with E-state index in [2.05, 4.69) is 34.6 Å². The van der Waals surface area contributed by atoms with Gasteiger partial charge in [0.1, 0.15) is 0 Å². The van der Waals surface area contributed by atoms with Gasteiger partial charge in [0.2, 0.25) is 0 Å². The van der Waals surface area contributed by atoms with Crippen LogP contribution in [0.4, 0.5) is 0 Å². The van der Waals surface area contributed by atoms with Crippen LogP contribution in [-0.2, 0) is 19.5 Å². The van der Waals surface area contributed by atoms with Crippen molar-refractivity contribution in [2.45, 2.75) is 58.7 Å². The highest BCUT2D eigenvalue weighted by Gasteiger charge is 2.33. The number of phenolic OH excluding ortho intramolecular Hbond substituents is 1. The third-order valence-corrected chi connectivity index (χ3v) is 6.61. The molecule has 4 nitrogen and oxygen atoms in total. The quantitative estimate of drug-likeness (QED) is 0.654. The SMILES string of the molecule is CCOc1cccc(CN2CCCn3c4c(c5cc(C)ccc53)CCCC42)c1O. The minimum Gasteiger partial charge on any atom is -0.504 e. The predicted octanol–water partition coefficient (Wildman–Crippen LogP) is 5.34. The van der Waals surface area contributed by atoms with Crippen molar-refractivity contribution < 1.29 is 9.84 Å². The van der Waals surface area contributed by atoms with Crippen LogP contribution in [0.15, 0.2) is 36.4 Å². The molecule has 0 amide bonds. The first-order valence-electron chi connectivity index (χ1n) is 11.0. The Morgan fingerprint density at radius 2 is 2.03 bits per heavy atom. The van der Waals surface area contributed by atoms with Crippen molar-refractivity contribution in [2.75, 3.05) is 13.2 Å². The molecule has 1 aliphatic carbocycles. The van der Waals surface area contributed by atoms with Gasteiger partial charge in [0.25, 0.3) is 0 Å². The predicted molar refractivity (Wildman–Crippen MR) is 117 cm³/mol. The maximum absolute atomic E-state index is 10.7. The lowest BCUT2D eigenvalue weighted by molar-refractivity contribution is 0.171. The first-order chi connectivity index (χ1) is 14.2. The number of nitrogens with zero attached hydrogens (tertiary/aromatic N) is 2. The van der Waals surface area contributed by atoms with Crippen molar-refractivity contribution in [1.82, 2.24) is 9.47 Å². The van der Waals surface area contributed by atoms with E-state index >= 15 is 0 Å². The summed E-state index contributed by atoms with van der Waals surface area (Å²) in [4.78, 5) is 2.58. The fourth-order valence-corrected chi connectivity index (χ4v) is 5.37. The molecule has 2 aliphatic rings. The van der Waals surface area contributed by atoms with Crippen LogP contribution in [0.3, 0.4) is 0 Å². The Morgan fingerprint density at radius 1 is 1.14 bits per heavy atom. The van der Waals surface area contributed by atoms with E-state index in [0.717, 1.165) is 31.6 Å². The van der Waals surface area contributed by atoms with E-state index < -0.39 is 0 Å². The number of fused-ring (bicyclic) bond motifs is 3. The maximum Gasteiger partial charge on any atom is 0.162 e. The summed E-state index contributed by atoms with van der Waals surface area (Å²) in [5.41, 5.74) is 6.78. The van der Waals surface area contributed by atoms with Gasteiger partial charge in [-0.1, -0.05) is 23.8 Å². The highest BCUT2D eigenvalue weighted by molar-refractivity contribution is 5.87. The molecule has 1 N–H and O–H groups in total. The van der Waals surface area contributed by atoms with Crippen molar-refractivity contribution in [1.29, 1.82) is 0 Å². The summed E-state index contributed by atoms with van der Waals surface area (Å²) < 4.78 is 8.20. The van der Waals surface area contributed by atoms with Crippen LogP contribution in [0.1, 0.15) is 54.6 Å². The fraction of sp³-hybridized carbons (Fsp3) is 0.440. The largest absolute Gasteiger partial charge is 0.504 e.